The predicted molar refractivity (Wildman–Crippen MR) is 125 cm³/mol. The Kier molecular flexibility index (Phi) is 6.17. The first-order valence-electron chi connectivity index (χ1n) is 11.5. The summed E-state index contributed by atoms with van der Waals surface area (Å²) in [4.78, 5) is 45.9. The molecule has 0 radical (unpaired) electrons. The first-order valence-corrected chi connectivity index (χ1v) is 11.9. The van der Waals surface area contributed by atoms with Gasteiger partial charge in [0.1, 0.15) is 11.5 Å². The number of carbonyl (C=O) groups is 3. The molecule has 1 spiro atoms. The highest BCUT2D eigenvalue weighted by Gasteiger charge is 2.54. The fourth-order valence-electron chi connectivity index (χ4n) is 5.07. The summed E-state index contributed by atoms with van der Waals surface area (Å²) >= 11 is 6.30. The SMILES string of the molecule is O=C(CCC(F)(F)F)CN1C(=O)C2(CCN(C(=O)c3cc4cn[nH]c4cn3)CC2)c2c1ccc(F)c2Cl. The van der Waals surface area contributed by atoms with Gasteiger partial charge in [0.05, 0.1) is 47.0 Å². The van der Waals surface area contributed by atoms with E-state index in [-0.39, 0.29) is 53.8 Å². The maximum Gasteiger partial charge on any atom is 0.389 e. The zero-order valence-electron chi connectivity index (χ0n) is 19.2. The van der Waals surface area contributed by atoms with Crippen molar-refractivity contribution in [1.29, 1.82) is 0 Å². The van der Waals surface area contributed by atoms with Crippen molar-refractivity contribution >= 4 is 45.8 Å². The number of fused-ring (bicyclic) bond motifs is 3. The van der Waals surface area contributed by atoms with Crippen molar-refractivity contribution in [2.75, 3.05) is 24.5 Å². The summed E-state index contributed by atoms with van der Waals surface area (Å²) < 4.78 is 52.2. The van der Waals surface area contributed by atoms with Crippen molar-refractivity contribution in [3.63, 3.8) is 0 Å². The Hall–Kier alpha value is -3.54. The number of rotatable bonds is 5. The van der Waals surface area contributed by atoms with Gasteiger partial charge in [0.2, 0.25) is 5.91 Å². The number of hydrogen-bond acceptors (Lipinski definition) is 5. The summed E-state index contributed by atoms with van der Waals surface area (Å²) in [5, 5.41) is 7.09. The van der Waals surface area contributed by atoms with Crippen LogP contribution < -0.4 is 4.90 Å². The Morgan fingerprint density at radius 2 is 1.89 bits per heavy atom. The van der Waals surface area contributed by atoms with E-state index in [1.165, 1.54) is 17.2 Å². The van der Waals surface area contributed by atoms with E-state index in [1.54, 1.807) is 12.3 Å². The molecule has 0 unspecified atom stereocenters. The maximum absolute atomic E-state index is 14.5. The van der Waals surface area contributed by atoms with Gasteiger partial charge in [-0.2, -0.15) is 18.3 Å². The minimum Gasteiger partial charge on any atom is -0.337 e. The number of nitrogens with one attached hydrogen (secondary N) is 1. The smallest absolute Gasteiger partial charge is 0.337 e. The van der Waals surface area contributed by atoms with Crippen molar-refractivity contribution in [2.24, 2.45) is 0 Å². The lowest BCUT2D eigenvalue weighted by molar-refractivity contribution is -0.142. The Bertz CT molecular complexity index is 1420. The Balaban J connectivity index is 1.39. The Morgan fingerprint density at radius 3 is 2.59 bits per heavy atom. The van der Waals surface area contributed by atoms with Crippen LogP contribution in [0.5, 0.6) is 0 Å². The Morgan fingerprint density at radius 1 is 1.16 bits per heavy atom. The molecule has 2 aromatic heterocycles. The van der Waals surface area contributed by atoms with Gasteiger partial charge in [0.15, 0.2) is 5.78 Å². The molecule has 5 rings (SSSR count). The van der Waals surface area contributed by atoms with Gasteiger partial charge in [-0.3, -0.25) is 19.5 Å². The molecule has 1 saturated heterocycles. The van der Waals surface area contributed by atoms with Gasteiger partial charge < -0.3 is 9.80 Å². The average Bonchev–Trinajstić information content (AvgIpc) is 3.42. The molecule has 1 fully saturated rings. The maximum atomic E-state index is 14.5. The van der Waals surface area contributed by atoms with Crippen LogP contribution in [-0.2, 0) is 15.0 Å². The number of ketones is 1. The van der Waals surface area contributed by atoms with E-state index in [1.807, 2.05) is 0 Å². The molecule has 2 aliphatic heterocycles. The van der Waals surface area contributed by atoms with E-state index >= 15 is 0 Å². The summed E-state index contributed by atoms with van der Waals surface area (Å²) in [6.07, 6.45) is -3.34. The molecule has 2 aliphatic rings. The van der Waals surface area contributed by atoms with Crippen LogP contribution >= 0.6 is 11.6 Å². The number of nitrogens with zero attached hydrogens (tertiary/aromatic N) is 4. The molecule has 3 aromatic rings. The van der Waals surface area contributed by atoms with Crippen molar-refractivity contribution in [3.05, 3.63) is 52.7 Å². The average molecular weight is 538 g/mol. The number of aromatic amines is 1. The predicted octanol–water partition coefficient (Wildman–Crippen LogP) is 4.18. The molecule has 0 aliphatic carbocycles. The number of likely N-dealkylation sites (tertiary alicyclic amines) is 1. The van der Waals surface area contributed by atoms with Crippen molar-refractivity contribution < 1.29 is 31.9 Å². The molecule has 8 nitrogen and oxygen atoms in total. The third kappa shape index (κ3) is 4.43. The van der Waals surface area contributed by atoms with E-state index < -0.39 is 48.5 Å². The Labute approximate surface area is 212 Å². The van der Waals surface area contributed by atoms with Crippen LogP contribution in [0, 0.1) is 5.82 Å². The third-order valence-electron chi connectivity index (χ3n) is 6.97. The summed E-state index contributed by atoms with van der Waals surface area (Å²) in [7, 11) is 0. The lowest BCUT2D eigenvalue weighted by Gasteiger charge is -2.38. The highest BCUT2D eigenvalue weighted by Crippen LogP contribution is 2.51. The second-order valence-corrected chi connectivity index (χ2v) is 9.58. The second kappa shape index (κ2) is 9.09. The summed E-state index contributed by atoms with van der Waals surface area (Å²) in [6, 6.07) is 3.96. The number of carbonyl (C=O) groups excluding carboxylic acids is 3. The molecule has 0 bridgehead atoms. The lowest BCUT2D eigenvalue weighted by atomic mass is 9.73. The molecule has 2 amide bonds. The van der Waals surface area contributed by atoms with E-state index in [0.717, 1.165) is 11.0 Å². The molecule has 0 atom stereocenters. The number of benzene rings is 1. The number of amides is 2. The molecule has 1 aromatic carbocycles. The third-order valence-corrected chi connectivity index (χ3v) is 7.34. The number of halogens is 5. The topological polar surface area (TPSA) is 99.3 Å². The van der Waals surface area contributed by atoms with Crippen molar-refractivity contribution in [2.45, 2.75) is 37.3 Å². The number of H-pyrrole nitrogens is 1. The molecule has 4 heterocycles. The van der Waals surface area contributed by atoms with Crippen molar-refractivity contribution in [3.8, 4) is 0 Å². The fourth-order valence-corrected chi connectivity index (χ4v) is 5.41. The molecule has 37 heavy (non-hydrogen) atoms. The quantitative estimate of drug-likeness (QED) is 0.492. The second-order valence-electron chi connectivity index (χ2n) is 9.20. The van der Waals surface area contributed by atoms with E-state index in [0.29, 0.717) is 10.9 Å². The fraction of sp³-hybridized carbons (Fsp3) is 0.375. The molecule has 13 heteroatoms. The number of hydrogen-bond donors (Lipinski definition) is 1. The monoisotopic (exact) mass is 537 g/mol. The van der Waals surface area contributed by atoms with Gasteiger partial charge >= 0.3 is 6.18 Å². The zero-order chi connectivity index (χ0) is 26.5. The molecular weight excluding hydrogens is 518 g/mol. The van der Waals surface area contributed by atoms with E-state index in [4.69, 9.17) is 11.6 Å². The molecular formula is C24H20ClF4N5O3. The zero-order valence-corrected chi connectivity index (χ0v) is 20.0. The molecule has 1 N–H and O–H groups in total. The standard InChI is InChI=1S/C24H20ClF4N5O3/c25-20-15(26)1-2-18-19(20)23(22(37)34(18)12-14(35)3-4-24(27,28)29)5-7-33(8-6-23)21(36)16-9-13-10-31-32-17(13)11-30-16/h1-2,9-11H,3-8,12H2,(H,31,32). The van der Waals surface area contributed by atoms with Gasteiger partial charge in [-0.05, 0) is 31.0 Å². The minimum absolute atomic E-state index is 0.0922. The van der Waals surface area contributed by atoms with Gasteiger partial charge in [-0.15, -0.1) is 0 Å². The van der Waals surface area contributed by atoms with Crippen LogP contribution in [0.4, 0.5) is 23.2 Å². The van der Waals surface area contributed by atoms with Crippen LogP contribution in [0.25, 0.3) is 10.9 Å². The van der Waals surface area contributed by atoms with Crippen LogP contribution in [-0.4, -0.2) is 63.5 Å². The van der Waals surface area contributed by atoms with Gasteiger partial charge in [-0.1, -0.05) is 11.6 Å². The normalized spacial score (nSPS) is 17.1. The molecule has 194 valence electrons. The van der Waals surface area contributed by atoms with Gasteiger partial charge in [0.25, 0.3) is 5.91 Å². The summed E-state index contributed by atoms with van der Waals surface area (Å²) in [6.45, 7) is -0.335. The van der Waals surface area contributed by atoms with Crippen LogP contribution in [0.15, 0.2) is 30.6 Å². The van der Waals surface area contributed by atoms with E-state index in [9.17, 15) is 31.9 Å². The number of pyridine rings is 1. The molecule has 0 saturated carbocycles. The van der Waals surface area contributed by atoms with Gasteiger partial charge in [0, 0.05) is 30.5 Å². The number of Topliss-reactive ketones (excluding diaryl/α,β-unsaturated/α-hetero) is 1. The largest absolute Gasteiger partial charge is 0.389 e. The number of anilines is 1. The first kappa shape index (κ1) is 25.1. The van der Waals surface area contributed by atoms with Crippen molar-refractivity contribution in [1.82, 2.24) is 20.1 Å². The number of alkyl halides is 3. The number of aromatic nitrogens is 3. The summed E-state index contributed by atoms with van der Waals surface area (Å²) in [5.74, 6) is -2.43. The van der Waals surface area contributed by atoms with Crippen LogP contribution in [0.2, 0.25) is 5.02 Å². The highest BCUT2D eigenvalue weighted by atomic mass is 35.5. The summed E-state index contributed by atoms with van der Waals surface area (Å²) in [5.41, 5.74) is -0.0402. The van der Waals surface area contributed by atoms with Gasteiger partial charge in [-0.25, -0.2) is 9.37 Å². The van der Waals surface area contributed by atoms with Crippen LogP contribution in [0.1, 0.15) is 41.7 Å². The number of piperidine rings is 1. The highest BCUT2D eigenvalue weighted by molar-refractivity contribution is 6.33. The van der Waals surface area contributed by atoms with Crippen LogP contribution in [0.3, 0.4) is 0 Å². The first-order chi connectivity index (χ1) is 17.5. The van der Waals surface area contributed by atoms with E-state index in [2.05, 4.69) is 15.2 Å². The lowest BCUT2D eigenvalue weighted by Crippen LogP contribution is -2.51. The minimum atomic E-state index is -4.51.